The minimum absolute atomic E-state index is 0.0230. The summed E-state index contributed by atoms with van der Waals surface area (Å²) in [7, 11) is 0. The van der Waals surface area contributed by atoms with E-state index in [-0.39, 0.29) is 6.61 Å². The summed E-state index contributed by atoms with van der Waals surface area (Å²) >= 11 is 3.36. The van der Waals surface area contributed by atoms with Crippen LogP contribution in [0.5, 0.6) is 0 Å². The number of hydrogen-bond acceptors (Lipinski definition) is 3. The van der Waals surface area contributed by atoms with E-state index in [1.165, 1.54) is 0 Å². The van der Waals surface area contributed by atoms with Gasteiger partial charge in [-0.05, 0) is 23.8 Å². The van der Waals surface area contributed by atoms with Crippen LogP contribution in [0, 0.1) is 0 Å². The van der Waals surface area contributed by atoms with E-state index in [0.717, 1.165) is 20.9 Å². The Balaban J connectivity index is 2.81. The van der Waals surface area contributed by atoms with Gasteiger partial charge in [-0.15, -0.1) is 0 Å². The predicted octanol–water partition coefficient (Wildman–Crippen LogP) is 2.07. The Morgan fingerprint density at radius 1 is 1.36 bits per heavy atom. The quantitative estimate of drug-likeness (QED) is 0.817. The average molecular weight is 253 g/mol. The van der Waals surface area contributed by atoms with Crippen molar-refractivity contribution in [3.63, 3.8) is 0 Å². The van der Waals surface area contributed by atoms with Crippen LogP contribution in [0.3, 0.4) is 0 Å². The number of aromatic nitrogens is 1. The van der Waals surface area contributed by atoms with Crippen molar-refractivity contribution in [1.29, 1.82) is 0 Å². The number of aliphatic hydroxyl groups excluding tert-OH is 1. The molecule has 0 aliphatic heterocycles. The molecular weight excluding hydrogens is 244 g/mol. The number of nitrogen functional groups attached to an aromatic ring is 1. The lowest BCUT2D eigenvalue weighted by molar-refractivity contribution is 0.283. The molecule has 14 heavy (non-hydrogen) atoms. The Hall–Kier alpha value is -1.13. The average Bonchev–Trinajstić information content (AvgIpc) is 2.15. The van der Waals surface area contributed by atoms with Gasteiger partial charge in [0.15, 0.2) is 0 Å². The predicted molar refractivity (Wildman–Crippen MR) is 59.8 cm³/mol. The summed E-state index contributed by atoms with van der Waals surface area (Å²) in [6, 6.07) is 7.40. The maximum Gasteiger partial charge on any atom is 0.124 e. The maximum absolute atomic E-state index is 9.13. The standard InChI is InChI=1S/C10H9BrN2O/c11-7-1-2-8-6(5-14)3-10(12)13-9(8)4-7/h1-4,14H,5H2,(H2,12,13). The summed E-state index contributed by atoms with van der Waals surface area (Å²) in [4.78, 5) is 4.18. The Kier molecular flexibility index (Phi) is 2.39. The number of nitrogens with two attached hydrogens (primary N) is 1. The zero-order valence-corrected chi connectivity index (χ0v) is 8.95. The highest BCUT2D eigenvalue weighted by Crippen LogP contribution is 2.23. The lowest BCUT2D eigenvalue weighted by Crippen LogP contribution is -1.95. The Morgan fingerprint density at radius 3 is 2.86 bits per heavy atom. The van der Waals surface area contributed by atoms with E-state index in [2.05, 4.69) is 20.9 Å². The fourth-order valence-electron chi connectivity index (χ4n) is 1.43. The van der Waals surface area contributed by atoms with E-state index in [4.69, 9.17) is 10.8 Å². The normalized spacial score (nSPS) is 10.7. The molecule has 0 atom stereocenters. The number of nitrogens with zero attached hydrogens (tertiary/aromatic N) is 1. The number of anilines is 1. The van der Waals surface area contributed by atoms with Crippen molar-refractivity contribution in [2.24, 2.45) is 0 Å². The van der Waals surface area contributed by atoms with Crippen LogP contribution in [-0.2, 0) is 6.61 Å². The van der Waals surface area contributed by atoms with Crippen LogP contribution in [0.4, 0.5) is 5.82 Å². The van der Waals surface area contributed by atoms with E-state index < -0.39 is 0 Å². The molecule has 0 spiro atoms. The van der Waals surface area contributed by atoms with Crippen molar-refractivity contribution < 1.29 is 5.11 Å². The van der Waals surface area contributed by atoms with E-state index >= 15 is 0 Å². The molecule has 0 amide bonds. The fraction of sp³-hybridized carbons (Fsp3) is 0.100. The molecule has 2 rings (SSSR count). The zero-order chi connectivity index (χ0) is 10.1. The van der Waals surface area contributed by atoms with Crippen molar-refractivity contribution >= 4 is 32.7 Å². The van der Waals surface area contributed by atoms with E-state index in [1.54, 1.807) is 6.07 Å². The SMILES string of the molecule is Nc1cc(CO)c2ccc(Br)cc2n1. The molecule has 4 heteroatoms. The Bertz CT molecular complexity index is 480. The minimum atomic E-state index is -0.0230. The van der Waals surface area contributed by atoms with Gasteiger partial charge in [-0.25, -0.2) is 4.98 Å². The first kappa shape index (κ1) is 9.43. The summed E-state index contributed by atoms with van der Waals surface area (Å²) in [5, 5.41) is 10.1. The number of halogens is 1. The summed E-state index contributed by atoms with van der Waals surface area (Å²) < 4.78 is 0.951. The van der Waals surface area contributed by atoms with Gasteiger partial charge >= 0.3 is 0 Å². The Labute approximate surface area is 89.7 Å². The first-order valence-electron chi connectivity index (χ1n) is 4.16. The summed E-state index contributed by atoms with van der Waals surface area (Å²) in [6.45, 7) is -0.0230. The van der Waals surface area contributed by atoms with Crippen molar-refractivity contribution in [3.8, 4) is 0 Å². The van der Waals surface area contributed by atoms with Crippen LogP contribution < -0.4 is 5.73 Å². The largest absolute Gasteiger partial charge is 0.392 e. The second-order valence-electron chi connectivity index (χ2n) is 3.03. The molecule has 0 fully saturated rings. The molecule has 0 saturated heterocycles. The first-order valence-corrected chi connectivity index (χ1v) is 4.95. The van der Waals surface area contributed by atoms with E-state index in [1.807, 2.05) is 18.2 Å². The maximum atomic E-state index is 9.13. The van der Waals surface area contributed by atoms with E-state index in [0.29, 0.717) is 5.82 Å². The van der Waals surface area contributed by atoms with Crippen LogP contribution in [0.15, 0.2) is 28.7 Å². The van der Waals surface area contributed by atoms with Crippen LogP contribution >= 0.6 is 15.9 Å². The summed E-state index contributed by atoms with van der Waals surface area (Å²) in [6.07, 6.45) is 0. The number of pyridine rings is 1. The smallest absolute Gasteiger partial charge is 0.124 e. The summed E-state index contributed by atoms with van der Waals surface area (Å²) in [5.74, 6) is 0.430. The molecule has 0 bridgehead atoms. The molecule has 0 aliphatic rings. The molecule has 1 aromatic heterocycles. The first-order chi connectivity index (χ1) is 6.70. The molecule has 2 aromatic rings. The van der Waals surface area contributed by atoms with Crippen LogP contribution in [0.25, 0.3) is 10.9 Å². The lowest BCUT2D eigenvalue weighted by Gasteiger charge is -2.05. The van der Waals surface area contributed by atoms with Gasteiger partial charge in [0.05, 0.1) is 12.1 Å². The van der Waals surface area contributed by atoms with Gasteiger partial charge in [-0.3, -0.25) is 0 Å². The highest BCUT2D eigenvalue weighted by Gasteiger charge is 2.03. The molecule has 3 nitrogen and oxygen atoms in total. The molecule has 0 saturated carbocycles. The monoisotopic (exact) mass is 252 g/mol. The number of rotatable bonds is 1. The lowest BCUT2D eigenvalue weighted by atomic mass is 10.1. The van der Waals surface area contributed by atoms with Crippen molar-refractivity contribution in [2.75, 3.05) is 5.73 Å². The molecule has 3 N–H and O–H groups in total. The van der Waals surface area contributed by atoms with Gasteiger partial charge < -0.3 is 10.8 Å². The second kappa shape index (κ2) is 3.55. The van der Waals surface area contributed by atoms with Crippen LogP contribution in [-0.4, -0.2) is 10.1 Å². The molecule has 0 radical (unpaired) electrons. The molecule has 0 aliphatic carbocycles. The van der Waals surface area contributed by atoms with Crippen LogP contribution in [0.1, 0.15) is 5.56 Å². The van der Waals surface area contributed by atoms with Gasteiger partial charge in [0.2, 0.25) is 0 Å². The second-order valence-corrected chi connectivity index (χ2v) is 3.94. The van der Waals surface area contributed by atoms with Gasteiger partial charge in [0.25, 0.3) is 0 Å². The van der Waals surface area contributed by atoms with Gasteiger partial charge in [-0.2, -0.15) is 0 Å². The highest BCUT2D eigenvalue weighted by molar-refractivity contribution is 9.10. The molecule has 1 aromatic carbocycles. The number of fused-ring (bicyclic) bond motifs is 1. The fourth-order valence-corrected chi connectivity index (χ4v) is 1.78. The molecule has 1 heterocycles. The number of hydrogen-bond donors (Lipinski definition) is 2. The van der Waals surface area contributed by atoms with Crippen molar-refractivity contribution in [3.05, 3.63) is 34.3 Å². The van der Waals surface area contributed by atoms with Crippen LogP contribution in [0.2, 0.25) is 0 Å². The third kappa shape index (κ3) is 1.58. The third-order valence-electron chi connectivity index (χ3n) is 2.05. The summed E-state index contributed by atoms with van der Waals surface area (Å²) in [5.41, 5.74) is 7.21. The minimum Gasteiger partial charge on any atom is -0.392 e. The van der Waals surface area contributed by atoms with Crippen molar-refractivity contribution in [2.45, 2.75) is 6.61 Å². The third-order valence-corrected chi connectivity index (χ3v) is 2.54. The van der Waals surface area contributed by atoms with E-state index in [9.17, 15) is 0 Å². The topological polar surface area (TPSA) is 59.1 Å². The molecule has 72 valence electrons. The molecule has 0 unspecified atom stereocenters. The van der Waals surface area contributed by atoms with Gasteiger partial charge in [0, 0.05) is 9.86 Å². The number of aliphatic hydroxyl groups is 1. The van der Waals surface area contributed by atoms with Crippen molar-refractivity contribution in [1.82, 2.24) is 4.98 Å². The Morgan fingerprint density at radius 2 is 2.14 bits per heavy atom. The van der Waals surface area contributed by atoms with Gasteiger partial charge in [0.1, 0.15) is 5.82 Å². The van der Waals surface area contributed by atoms with Gasteiger partial charge in [-0.1, -0.05) is 22.0 Å². The zero-order valence-electron chi connectivity index (χ0n) is 7.37. The number of benzene rings is 1. The molecular formula is C10H9BrN2O. The highest BCUT2D eigenvalue weighted by atomic mass is 79.9.